The van der Waals surface area contributed by atoms with Crippen LogP contribution in [0.4, 0.5) is 0 Å². The third-order valence-electron chi connectivity index (χ3n) is 3.73. The molecule has 2 unspecified atom stereocenters. The molecule has 0 radical (unpaired) electrons. The lowest BCUT2D eigenvalue weighted by Gasteiger charge is -2.16. The van der Waals surface area contributed by atoms with Crippen molar-refractivity contribution in [2.75, 3.05) is 0 Å². The zero-order valence-electron chi connectivity index (χ0n) is 13.8. The molecule has 0 bridgehead atoms. The summed E-state index contributed by atoms with van der Waals surface area (Å²) in [6, 6.07) is 28.9. The van der Waals surface area contributed by atoms with Crippen LogP contribution in [0.1, 0.15) is 17.2 Å². The first kappa shape index (κ1) is 18.4. The third-order valence-corrected chi connectivity index (χ3v) is 3.73. The van der Waals surface area contributed by atoms with Crippen LogP contribution in [0.3, 0.4) is 0 Å². The number of nitrogens with zero attached hydrogens (tertiary/aromatic N) is 1. The average Bonchev–Trinajstić information content (AvgIpc) is 2.69. The minimum atomic E-state index is -1.10. The molecule has 0 aromatic heterocycles. The number of rotatable bonds is 5. The van der Waals surface area contributed by atoms with E-state index in [-0.39, 0.29) is 6.42 Å². The minimum Gasteiger partial charge on any atom is -0.381 e. The summed E-state index contributed by atoms with van der Waals surface area (Å²) in [6.45, 7) is 0. The number of hydrogen-bond donors (Lipinski definition) is 1. The topological polar surface area (TPSA) is 63.4 Å². The van der Waals surface area contributed by atoms with Crippen LogP contribution in [0, 0.1) is 10.1 Å². The molecule has 0 aliphatic rings. The summed E-state index contributed by atoms with van der Waals surface area (Å²) in [7, 11) is 0. The van der Waals surface area contributed by atoms with Crippen molar-refractivity contribution in [3.63, 3.8) is 0 Å². The zero-order valence-corrected chi connectivity index (χ0v) is 13.8. The van der Waals surface area contributed by atoms with Crippen molar-refractivity contribution >= 4 is 0 Å². The Morgan fingerprint density at radius 1 is 0.760 bits per heavy atom. The van der Waals surface area contributed by atoms with Gasteiger partial charge in [-0.05, 0) is 11.1 Å². The molecule has 3 rings (SSSR count). The fraction of sp³-hybridized carbons (Fsp3) is 0.143. The smallest absolute Gasteiger partial charge is 0.246 e. The molecule has 3 aromatic carbocycles. The lowest BCUT2D eigenvalue weighted by Crippen LogP contribution is -2.29. The van der Waals surface area contributed by atoms with Crippen LogP contribution in [0.5, 0.6) is 0 Å². The van der Waals surface area contributed by atoms with Crippen molar-refractivity contribution in [3.05, 3.63) is 118 Å². The van der Waals surface area contributed by atoms with Crippen molar-refractivity contribution < 1.29 is 10.0 Å². The van der Waals surface area contributed by atoms with Gasteiger partial charge in [-0.25, -0.2) is 0 Å². The molecule has 25 heavy (non-hydrogen) atoms. The fourth-order valence-electron chi connectivity index (χ4n) is 2.41. The van der Waals surface area contributed by atoms with Gasteiger partial charge in [-0.15, -0.1) is 0 Å². The Bertz CT molecular complexity index is 706. The number of nitro groups is 1. The first-order valence-electron chi connectivity index (χ1n) is 8.09. The predicted molar refractivity (Wildman–Crippen MR) is 98.8 cm³/mol. The monoisotopic (exact) mass is 335 g/mol. The van der Waals surface area contributed by atoms with Crippen molar-refractivity contribution in [1.29, 1.82) is 0 Å². The first-order chi connectivity index (χ1) is 12.2. The summed E-state index contributed by atoms with van der Waals surface area (Å²) in [4.78, 5) is 10.8. The zero-order chi connectivity index (χ0) is 17.9. The molecule has 0 heterocycles. The SMILES string of the molecule is O=[N+]([O-])C(Cc1ccccc1)C(O)c1ccccc1.c1ccccc1. The normalized spacial score (nSPS) is 12.4. The molecule has 3 aromatic rings. The molecule has 2 atom stereocenters. The van der Waals surface area contributed by atoms with Gasteiger partial charge in [0.2, 0.25) is 6.04 Å². The van der Waals surface area contributed by atoms with Gasteiger partial charge < -0.3 is 5.11 Å². The Hall–Kier alpha value is -2.98. The van der Waals surface area contributed by atoms with E-state index in [1.165, 1.54) is 0 Å². The quantitative estimate of drug-likeness (QED) is 0.559. The lowest BCUT2D eigenvalue weighted by molar-refractivity contribution is -0.535. The van der Waals surface area contributed by atoms with Gasteiger partial charge in [-0.1, -0.05) is 97.1 Å². The highest BCUT2D eigenvalue weighted by Gasteiger charge is 2.31. The van der Waals surface area contributed by atoms with Gasteiger partial charge in [0.05, 0.1) is 0 Å². The summed E-state index contributed by atoms with van der Waals surface area (Å²) in [6.07, 6.45) is -0.888. The maximum absolute atomic E-state index is 11.2. The van der Waals surface area contributed by atoms with Crippen molar-refractivity contribution in [3.8, 4) is 0 Å². The molecule has 0 saturated carbocycles. The van der Waals surface area contributed by atoms with Crippen LogP contribution in [0.25, 0.3) is 0 Å². The van der Waals surface area contributed by atoms with E-state index in [1.807, 2.05) is 72.8 Å². The number of benzene rings is 3. The molecule has 4 heteroatoms. The standard InChI is InChI=1S/C15H15NO3.C6H6/c17-15(13-9-5-2-6-10-13)14(16(18)19)11-12-7-3-1-4-8-12;1-2-4-6-5-3-1/h1-10,14-15,17H,11H2;1-6H. The summed E-state index contributed by atoms with van der Waals surface area (Å²) in [5, 5.41) is 21.3. The average molecular weight is 335 g/mol. The van der Waals surface area contributed by atoms with Crippen LogP contribution in [-0.4, -0.2) is 16.1 Å². The van der Waals surface area contributed by atoms with Gasteiger partial charge in [-0.2, -0.15) is 0 Å². The highest BCUT2D eigenvalue weighted by Crippen LogP contribution is 2.21. The van der Waals surface area contributed by atoms with E-state index in [1.54, 1.807) is 24.3 Å². The number of aliphatic hydroxyl groups is 1. The summed E-state index contributed by atoms with van der Waals surface area (Å²) >= 11 is 0. The Morgan fingerprint density at radius 2 is 1.16 bits per heavy atom. The number of aliphatic hydroxyl groups excluding tert-OH is 1. The summed E-state index contributed by atoms with van der Waals surface area (Å²) in [5.74, 6) is 0. The van der Waals surface area contributed by atoms with E-state index < -0.39 is 17.1 Å². The predicted octanol–water partition coefficient (Wildman–Crippen LogP) is 4.29. The molecule has 0 fully saturated rings. The van der Waals surface area contributed by atoms with Gasteiger partial charge in [0.25, 0.3) is 0 Å². The minimum absolute atomic E-state index is 0.212. The van der Waals surface area contributed by atoms with Crippen molar-refractivity contribution in [1.82, 2.24) is 0 Å². The highest BCUT2D eigenvalue weighted by atomic mass is 16.6. The number of hydrogen-bond acceptors (Lipinski definition) is 3. The fourth-order valence-corrected chi connectivity index (χ4v) is 2.41. The molecule has 1 N–H and O–H groups in total. The maximum atomic E-state index is 11.2. The summed E-state index contributed by atoms with van der Waals surface area (Å²) < 4.78 is 0. The molecule has 128 valence electrons. The van der Waals surface area contributed by atoms with Crippen LogP contribution in [-0.2, 0) is 6.42 Å². The second-order valence-electron chi connectivity index (χ2n) is 5.55. The van der Waals surface area contributed by atoms with Crippen LogP contribution < -0.4 is 0 Å². The van der Waals surface area contributed by atoms with Gasteiger partial charge in [-0.3, -0.25) is 10.1 Å². The molecular formula is C21H21NO3. The Morgan fingerprint density at radius 3 is 1.60 bits per heavy atom. The molecule has 0 aliphatic heterocycles. The van der Waals surface area contributed by atoms with E-state index in [0.29, 0.717) is 5.56 Å². The van der Waals surface area contributed by atoms with Gasteiger partial charge >= 0.3 is 0 Å². The van der Waals surface area contributed by atoms with Gasteiger partial charge in [0, 0.05) is 11.3 Å². The van der Waals surface area contributed by atoms with E-state index >= 15 is 0 Å². The molecule has 0 spiro atoms. The van der Waals surface area contributed by atoms with Crippen LogP contribution in [0.15, 0.2) is 97.1 Å². The van der Waals surface area contributed by atoms with E-state index in [9.17, 15) is 15.2 Å². The van der Waals surface area contributed by atoms with E-state index in [2.05, 4.69) is 0 Å². The molecular weight excluding hydrogens is 314 g/mol. The highest BCUT2D eigenvalue weighted by molar-refractivity contribution is 5.21. The second-order valence-corrected chi connectivity index (χ2v) is 5.55. The Kier molecular flexibility index (Phi) is 7.35. The molecule has 0 saturated heterocycles. The van der Waals surface area contributed by atoms with E-state index in [0.717, 1.165) is 5.56 Å². The molecule has 0 aliphatic carbocycles. The van der Waals surface area contributed by atoms with Crippen LogP contribution >= 0.6 is 0 Å². The molecule has 0 amide bonds. The molecule has 4 nitrogen and oxygen atoms in total. The van der Waals surface area contributed by atoms with Gasteiger partial charge in [0.15, 0.2) is 0 Å². The second kappa shape index (κ2) is 10.0. The maximum Gasteiger partial charge on any atom is 0.246 e. The van der Waals surface area contributed by atoms with Gasteiger partial charge in [0.1, 0.15) is 6.10 Å². The third kappa shape index (κ3) is 6.20. The van der Waals surface area contributed by atoms with Crippen LogP contribution in [0.2, 0.25) is 0 Å². The van der Waals surface area contributed by atoms with Crippen molar-refractivity contribution in [2.24, 2.45) is 0 Å². The Labute approximate surface area is 147 Å². The Balaban J connectivity index is 0.000000316. The lowest BCUT2D eigenvalue weighted by atomic mass is 9.97. The van der Waals surface area contributed by atoms with E-state index in [4.69, 9.17) is 0 Å². The summed E-state index contributed by atoms with van der Waals surface area (Å²) in [5.41, 5.74) is 1.42. The van der Waals surface area contributed by atoms with Crippen molar-refractivity contribution in [2.45, 2.75) is 18.6 Å². The first-order valence-corrected chi connectivity index (χ1v) is 8.09. The largest absolute Gasteiger partial charge is 0.381 e.